The van der Waals surface area contributed by atoms with E-state index in [0.29, 0.717) is 18.2 Å². The summed E-state index contributed by atoms with van der Waals surface area (Å²) in [6.07, 6.45) is 0.485. The second-order valence-electron chi connectivity index (χ2n) is 5.72. The standard InChI is InChI=1S/C18H22Cl2N2O2/c19-7-9-22(10-8-20)17-6-2-4-15-13(3-1-5-16(15)17)11-14(21)12-18(23)24/h1-6,14H,7-12,21H2,(H,23,24). The van der Waals surface area contributed by atoms with Crippen LogP contribution in [-0.4, -0.2) is 42.0 Å². The van der Waals surface area contributed by atoms with Gasteiger partial charge in [0.2, 0.25) is 0 Å². The molecule has 0 aliphatic carbocycles. The van der Waals surface area contributed by atoms with Gasteiger partial charge in [0.05, 0.1) is 6.42 Å². The second-order valence-corrected chi connectivity index (χ2v) is 6.47. The highest BCUT2D eigenvalue weighted by Gasteiger charge is 2.14. The van der Waals surface area contributed by atoms with E-state index >= 15 is 0 Å². The number of rotatable bonds is 9. The van der Waals surface area contributed by atoms with Crippen molar-refractivity contribution in [2.24, 2.45) is 5.73 Å². The Labute approximate surface area is 152 Å². The van der Waals surface area contributed by atoms with Crippen molar-refractivity contribution in [1.82, 2.24) is 0 Å². The van der Waals surface area contributed by atoms with Crippen molar-refractivity contribution in [3.05, 3.63) is 42.0 Å². The Bertz CT molecular complexity index is 688. The minimum absolute atomic E-state index is 0.0410. The number of aliphatic carboxylic acids is 1. The van der Waals surface area contributed by atoms with Gasteiger partial charge >= 0.3 is 5.97 Å². The minimum atomic E-state index is -0.876. The molecular formula is C18H22Cl2N2O2. The molecule has 1 unspecified atom stereocenters. The lowest BCUT2D eigenvalue weighted by Crippen LogP contribution is -2.28. The van der Waals surface area contributed by atoms with Crippen molar-refractivity contribution in [3.8, 4) is 0 Å². The predicted molar refractivity (Wildman–Crippen MR) is 102 cm³/mol. The first-order valence-corrected chi connectivity index (χ1v) is 8.98. The number of benzene rings is 2. The summed E-state index contributed by atoms with van der Waals surface area (Å²) in [5, 5.41) is 11.1. The molecule has 3 N–H and O–H groups in total. The van der Waals surface area contributed by atoms with Gasteiger partial charge in [0.1, 0.15) is 0 Å². The van der Waals surface area contributed by atoms with Gasteiger partial charge in [0.15, 0.2) is 0 Å². The van der Waals surface area contributed by atoms with E-state index in [-0.39, 0.29) is 6.42 Å². The Morgan fingerprint density at radius 2 is 1.71 bits per heavy atom. The van der Waals surface area contributed by atoms with E-state index in [4.69, 9.17) is 34.0 Å². The molecule has 0 radical (unpaired) electrons. The van der Waals surface area contributed by atoms with Crippen molar-refractivity contribution >= 4 is 45.6 Å². The molecule has 0 bridgehead atoms. The topological polar surface area (TPSA) is 66.6 Å². The summed E-state index contributed by atoms with van der Waals surface area (Å²) < 4.78 is 0. The van der Waals surface area contributed by atoms with Crippen LogP contribution in [0.25, 0.3) is 10.8 Å². The maximum Gasteiger partial charge on any atom is 0.304 e. The van der Waals surface area contributed by atoms with Gasteiger partial charge in [0, 0.05) is 42.0 Å². The molecule has 0 saturated heterocycles. The molecule has 0 amide bonds. The van der Waals surface area contributed by atoms with Crippen LogP contribution in [0.1, 0.15) is 12.0 Å². The van der Waals surface area contributed by atoms with Crippen LogP contribution in [0.15, 0.2) is 36.4 Å². The molecule has 0 aliphatic rings. The van der Waals surface area contributed by atoms with E-state index in [1.807, 2.05) is 24.3 Å². The van der Waals surface area contributed by atoms with Crippen LogP contribution in [-0.2, 0) is 11.2 Å². The number of anilines is 1. The highest BCUT2D eigenvalue weighted by Crippen LogP contribution is 2.29. The molecule has 1 atom stereocenters. The van der Waals surface area contributed by atoms with Crippen LogP contribution in [0.4, 0.5) is 5.69 Å². The molecule has 4 nitrogen and oxygen atoms in total. The Morgan fingerprint density at radius 1 is 1.08 bits per heavy atom. The normalized spacial score (nSPS) is 12.3. The lowest BCUT2D eigenvalue weighted by atomic mass is 9.96. The van der Waals surface area contributed by atoms with E-state index in [1.165, 1.54) is 0 Å². The highest BCUT2D eigenvalue weighted by molar-refractivity contribution is 6.18. The van der Waals surface area contributed by atoms with E-state index in [0.717, 1.165) is 35.1 Å². The number of carboxylic acid groups (broad SMARTS) is 1. The number of halogens is 2. The molecule has 0 fully saturated rings. The van der Waals surface area contributed by atoms with Crippen LogP contribution in [0.2, 0.25) is 0 Å². The minimum Gasteiger partial charge on any atom is -0.481 e. The summed E-state index contributed by atoms with van der Waals surface area (Å²) in [7, 11) is 0. The maximum absolute atomic E-state index is 10.8. The Kier molecular flexibility index (Phi) is 7.16. The summed E-state index contributed by atoms with van der Waals surface area (Å²) >= 11 is 11.8. The summed E-state index contributed by atoms with van der Waals surface area (Å²) in [6, 6.07) is 11.7. The fourth-order valence-electron chi connectivity index (χ4n) is 2.95. The molecule has 0 saturated carbocycles. The maximum atomic E-state index is 10.8. The first kappa shape index (κ1) is 18.8. The van der Waals surface area contributed by atoms with Crippen LogP contribution in [0.5, 0.6) is 0 Å². The van der Waals surface area contributed by atoms with Gasteiger partial charge in [-0.2, -0.15) is 0 Å². The summed E-state index contributed by atoms with van der Waals surface area (Å²) in [4.78, 5) is 13.0. The molecular weight excluding hydrogens is 347 g/mol. The zero-order chi connectivity index (χ0) is 17.5. The molecule has 2 aromatic carbocycles. The van der Waals surface area contributed by atoms with Crippen molar-refractivity contribution in [2.75, 3.05) is 29.7 Å². The Balaban J connectivity index is 2.39. The average molecular weight is 369 g/mol. The molecule has 0 spiro atoms. The van der Waals surface area contributed by atoms with E-state index in [2.05, 4.69) is 17.0 Å². The van der Waals surface area contributed by atoms with Crippen LogP contribution < -0.4 is 10.6 Å². The first-order valence-electron chi connectivity index (χ1n) is 7.91. The highest BCUT2D eigenvalue weighted by atomic mass is 35.5. The third-order valence-corrected chi connectivity index (χ3v) is 4.30. The molecule has 6 heteroatoms. The van der Waals surface area contributed by atoms with Gasteiger partial charge in [-0.05, 0) is 23.4 Å². The lowest BCUT2D eigenvalue weighted by Gasteiger charge is -2.25. The average Bonchev–Trinajstić information content (AvgIpc) is 2.54. The molecule has 0 aliphatic heterocycles. The summed E-state index contributed by atoms with van der Waals surface area (Å²) in [6.45, 7) is 1.44. The monoisotopic (exact) mass is 368 g/mol. The van der Waals surface area contributed by atoms with Crippen molar-refractivity contribution in [3.63, 3.8) is 0 Å². The Morgan fingerprint density at radius 3 is 2.33 bits per heavy atom. The second kappa shape index (κ2) is 9.11. The van der Waals surface area contributed by atoms with Gasteiger partial charge in [-0.1, -0.05) is 30.3 Å². The lowest BCUT2D eigenvalue weighted by molar-refractivity contribution is -0.137. The van der Waals surface area contributed by atoms with Gasteiger partial charge < -0.3 is 15.7 Å². The fourth-order valence-corrected chi connectivity index (χ4v) is 3.36. The zero-order valence-corrected chi connectivity index (χ0v) is 14.9. The van der Waals surface area contributed by atoms with Gasteiger partial charge in [-0.3, -0.25) is 4.79 Å². The molecule has 0 heterocycles. The van der Waals surface area contributed by atoms with Gasteiger partial charge in [0.25, 0.3) is 0 Å². The fraction of sp³-hybridized carbons (Fsp3) is 0.389. The number of hydrogen-bond acceptors (Lipinski definition) is 3. The van der Waals surface area contributed by atoms with Gasteiger partial charge in [-0.25, -0.2) is 0 Å². The molecule has 130 valence electrons. The van der Waals surface area contributed by atoms with Crippen molar-refractivity contribution in [2.45, 2.75) is 18.9 Å². The number of carbonyl (C=O) groups is 1. The van der Waals surface area contributed by atoms with Crippen LogP contribution in [0, 0.1) is 0 Å². The van der Waals surface area contributed by atoms with Gasteiger partial charge in [-0.15, -0.1) is 23.2 Å². The van der Waals surface area contributed by atoms with Crippen molar-refractivity contribution < 1.29 is 9.90 Å². The number of fused-ring (bicyclic) bond motifs is 1. The first-order chi connectivity index (χ1) is 11.6. The number of nitrogens with zero attached hydrogens (tertiary/aromatic N) is 1. The van der Waals surface area contributed by atoms with Crippen LogP contribution in [0.3, 0.4) is 0 Å². The van der Waals surface area contributed by atoms with E-state index in [1.54, 1.807) is 0 Å². The molecule has 2 rings (SSSR count). The SMILES string of the molecule is NC(CC(=O)O)Cc1cccc2c(N(CCCl)CCCl)cccc12. The predicted octanol–water partition coefficient (Wildman–Crippen LogP) is 3.47. The Hall–Kier alpha value is -1.49. The van der Waals surface area contributed by atoms with Crippen molar-refractivity contribution in [1.29, 1.82) is 0 Å². The van der Waals surface area contributed by atoms with Crippen LogP contribution >= 0.6 is 23.2 Å². The molecule has 2 aromatic rings. The number of nitrogens with two attached hydrogens (primary N) is 1. The van der Waals surface area contributed by atoms with E-state index < -0.39 is 12.0 Å². The third-order valence-electron chi connectivity index (χ3n) is 3.96. The molecule has 24 heavy (non-hydrogen) atoms. The number of alkyl halides is 2. The number of hydrogen-bond donors (Lipinski definition) is 2. The summed E-state index contributed by atoms with van der Waals surface area (Å²) in [5.74, 6) is 0.172. The smallest absolute Gasteiger partial charge is 0.304 e. The zero-order valence-electron chi connectivity index (χ0n) is 13.4. The third kappa shape index (κ3) is 4.76. The largest absolute Gasteiger partial charge is 0.481 e. The molecule has 0 aromatic heterocycles. The quantitative estimate of drug-likeness (QED) is 0.665. The summed E-state index contributed by atoms with van der Waals surface area (Å²) in [5.41, 5.74) is 8.11. The number of carboxylic acids is 1. The van der Waals surface area contributed by atoms with E-state index in [9.17, 15) is 4.79 Å².